The average molecular weight is 398 g/mol. The first-order chi connectivity index (χ1) is 14.1. The highest BCUT2D eigenvalue weighted by molar-refractivity contribution is 6.03. The summed E-state index contributed by atoms with van der Waals surface area (Å²) in [5, 5.41) is 2.84. The molecule has 0 aliphatic carbocycles. The molecule has 4 rings (SSSR count). The molecular weight excluding hydrogens is 375 g/mol. The van der Waals surface area contributed by atoms with E-state index in [1.54, 1.807) is 36.4 Å². The van der Waals surface area contributed by atoms with Crippen molar-refractivity contribution in [1.29, 1.82) is 0 Å². The van der Waals surface area contributed by atoms with Crippen molar-refractivity contribution in [3.05, 3.63) is 54.3 Å². The van der Waals surface area contributed by atoms with Gasteiger partial charge >= 0.3 is 0 Å². The lowest BCUT2D eigenvalue weighted by molar-refractivity contribution is -0.122. The lowest BCUT2D eigenvalue weighted by Crippen LogP contribution is -2.28. The van der Waals surface area contributed by atoms with Gasteiger partial charge < -0.3 is 19.7 Å². The number of hydrogen-bond acceptors (Lipinski definition) is 4. The van der Waals surface area contributed by atoms with E-state index in [2.05, 4.69) is 5.32 Å². The minimum atomic E-state index is -0.543. The van der Waals surface area contributed by atoms with E-state index in [1.807, 2.05) is 6.07 Å². The Kier molecular flexibility index (Phi) is 5.76. The lowest BCUT2D eigenvalue weighted by Gasteiger charge is -2.17. The van der Waals surface area contributed by atoms with Gasteiger partial charge in [0.25, 0.3) is 0 Å². The van der Waals surface area contributed by atoms with Gasteiger partial charge in [-0.25, -0.2) is 4.39 Å². The summed E-state index contributed by atoms with van der Waals surface area (Å²) in [7, 11) is 0. The first-order valence-electron chi connectivity index (χ1n) is 9.80. The number of ether oxygens (including phenoxy) is 2. The Balaban J connectivity index is 1.36. The predicted molar refractivity (Wildman–Crippen MR) is 106 cm³/mol. The Labute approximate surface area is 168 Å². The number of carbonyl (C=O) groups is 2. The molecule has 0 spiro atoms. The minimum Gasteiger partial charge on any atom is -0.491 e. The Bertz CT molecular complexity index is 898. The number of halogens is 1. The van der Waals surface area contributed by atoms with E-state index in [4.69, 9.17) is 9.47 Å². The molecule has 2 heterocycles. The SMILES string of the molecule is O=C(Nc1cccc(OC[C@@H]2CCCO2)c1)[C@H]1CC(=O)N(c2ccccc2F)C1. The number of amides is 2. The van der Waals surface area contributed by atoms with Crippen molar-refractivity contribution in [2.75, 3.05) is 30.0 Å². The number of carbonyl (C=O) groups excluding carboxylic acids is 2. The van der Waals surface area contributed by atoms with Gasteiger partial charge in [0.1, 0.15) is 18.2 Å². The molecule has 0 unspecified atom stereocenters. The maximum Gasteiger partial charge on any atom is 0.229 e. The molecule has 6 nitrogen and oxygen atoms in total. The third-order valence-electron chi connectivity index (χ3n) is 5.20. The van der Waals surface area contributed by atoms with Gasteiger partial charge in [-0.2, -0.15) is 0 Å². The van der Waals surface area contributed by atoms with Crippen molar-refractivity contribution in [2.24, 2.45) is 5.92 Å². The standard InChI is InChI=1S/C22H23FN2O4/c23-19-8-1-2-9-20(19)25-13-15(11-21(25)26)22(27)24-16-5-3-6-17(12-16)29-14-18-7-4-10-28-18/h1-3,5-6,8-9,12,15,18H,4,7,10-11,13-14H2,(H,24,27)/t15-,18-/m0/s1. The predicted octanol–water partition coefficient (Wildman–Crippen LogP) is 3.38. The summed E-state index contributed by atoms with van der Waals surface area (Å²) >= 11 is 0. The number of rotatable bonds is 6. The molecule has 7 heteroatoms. The maximum atomic E-state index is 14.0. The largest absolute Gasteiger partial charge is 0.491 e. The first-order valence-corrected chi connectivity index (χ1v) is 9.80. The second kappa shape index (κ2) is 8.61. The van der Waals surface area contributed by atoms with Crippen LogP contribution in [0.3, 0.4) is 0 Å². The second-order valence-corrected chi connectivity index (χ2v) is 7.32. The van der Waals surface area contributed by atoms with Crippen molar-refractivity contribution in [1.82, 2.24) is 0 Å². The maximum absolute atomic E-state index is 14.0. The van der Waals surface area contributed by atoms with Crippen LogP contribution in [0.1, 0.15) is 19.3 Å². The molecule has 0 bridgehead atoms. The number of benzene rings is 2. The summed E-state index contributed by atoms with van der Waals surface area (Å²) in [6.45, 7) is 1.40. The molecule has 2 fully saturated rings. The summed E-state index contributed by atoms with van der Waals surface area (Å²) in [4.78, 5) is 26.3. The van der Waals surface area contributed by atoms with Gasteiger partial charge in [-0.15, -0.1) is 0 Å². The summed E-state index contributed by atoms with van der Waals surface area (Å²) in [6, 6.07) is 13.2. The zero-order chi connectivity index (χ0) is 20.2. The topological polar surface area (TPSA) is 67.9 Å². The molecule has 2 amide bonds. The molecule has 2 saturated heterocycles. The van der Waals surface area contributed by atoms with Crippen LogP contribution in [0.25, 0.3) is 0 Å². The highest BCUT2D eigenvalue weighted by Crippen LogP contribution is 2.28. The van der Waals surface area contributed by atoms with Gasteiger partial charge in [0.15, 0.2) is 0 Å². The van der Waals surface area contributed by atoms with Crippen molar-refractivity contribution < 1.29 is 23.5 Å². The molecule has 2 aliphatic rings. The molecule has 2 aromatic carbocycles. The molecule has 2 aliphatic heterocycles. The van der Waals surface area contributed by atoms with Crippen LogP contribution in [0.5, 0.6) is 5.75 Å². The average Bonchev–Trinajstić information content (AvgIpc) is 3.37. The Morgan fingerprint density at radius 2 is 2.10 bits per heavy atom. The van der Waals surface area contributed by atoms with E-state index in [0.717, 1.165) is 19.4 Å². The molecule has 0 aromatic heterocycles. The number of hydrogen-bond donors (Lipinski definition) is 1. The van der Waals surface area contributed by atoms with Crippen molar-refractivity contribution in [3.8, 4) is 5.75 Å². The molecule has 2 atom stereocenters. The van der Waals surface area contributed by atoms with E-state index in [-0.39, 0.29) is 36.6 Å². The highest BCUT2D eigenvalue weighted by atomic mass is 19.1. The van der Waals surface area contributed by atoms with Crippen LogP contribution in [-0.4, -0.2) is 37.7 Å². The number of anilines is 2. The lowest BCUT2D eigenvalue weighted by atomic mass is 10.1. The second-order valence-electron chi connectivity index (χ2n) is 7.32. The molecular formula is C22H23FN2O4. The smallest absolute Gasteiger partial charge is 0.229 e. The zero-order valence-corrected chi connectivity index (χ0v) is 16.0. The number of nitrogens with zero attached hydrogens (tertiary/aromatic N) is 1. The van der Waals surface area contributed by atoms with Crippen LogP contribution < -0.4 is 15.0 Å². The molecule has 2 aromatic rings. The third-order valence-corrected chi connectivity index (χ3v) is 5.20. The first kappa shape index (κ1) is 19.4. The molecule has 1 N–H and O–H groups in total. The van der Waals surface area contributed by atoms with Crippen LogP contribution in [0.4, 0.5) is 15.8 Å². The molecule has 0 radical (unpaired) electrons. The van der Waals surface area contributed by atoms with Crippen molar-refractivity contribution >= 4 is 23.2 Å². The van der Waals surface area contributed by atoms with Gasteiger partial charge in [0.2, 0.25) is 11.8 Å². The summed E-state index contributed by atoms with van der Waals surface area (Å²) < 4.78 is 25.3. The normalized spacial score (nSPS) is 21.4. The van der Waals surface area contributed by atoms with E-state index in [9.17, 15) is 14.0 Å². The highest BCUT2D eigenvalue weighted by Gasteiger charge is 2.36. The fourth-order valence-corrected chi connectivity index (χ4v) is 3.66. The quantitative estimate of drug-likeness (QED) is 0.810. The van der Waals surface area contributed by atoms with Crippen LogP contribution >= 0.6 is 0 Å². The zero-order valence-electron chi connectivity index (χ0n) is 16.0. The number of nitrogens with one attached hydrogen (secondary N) is 1. The van der Waals surface area contributed by atoms with E-state index in [0.29, 0.717) is 18.0 Å². The van der Waals surface area contributed by atoms with Gasteiger partial charge in [-0.1, -0.05) is 18.2 Å². The van der Waals surface area contributed by atoms with Crippen LogP contribution in [0, 0.1) is 11.7 Å². The van der Waals surface area contributed by atoms with Crippen LogP contribution in [-0.2, 0) is 14.3 Å². The fraction of sp³-hybridized carbons (Fsp3) is 0.364. The van der Waals surface area contributed by atoms with Gasteiger partial charge in [-0.05, 0) is 37.1 Å². The van der Waals surface area contributed by atoms with E-state index < -0.39 is 11.7 Å². The van der Waals surface area contributed by atoms with Crippen molar-refractivity contribution in [2.45, 2.75) is 25.4 Å². The summed E-state index contributed by atoms with van der Waals surface area (Å²) in [6.07, 6.45) is 2.20. The van der Waals surface area contributed by atoms with Gasteiger partial charge in [-0.3, -0.25) is 9.59 Å². The summed E-state index contributed by atoms with van der Waals surface area (Å²) in [5.41, 5.74) is 0.800. The van der Waals surface area contributed by atoms with Gasteiger partial charge in [0.05, 0.1) is 17.7 Å². The van der Waals surface area contributed by atoms with Crippen LogP contribution in [0.15, 0.2) is 48.5 Å². The van der Waals surface area contributed by atoms with Crippen LogP contribution in [0.2, 0.25) is 0 Å². The molecule has 0 saturated carbocycles. The number of para-hydroxylation sites is 1. The van der Waals surface area contributed by atoms with Crippen molar-refractivity contribution in [3.63, 3.8) is 0 Å². The third kappa shape index (κ3) is 4.56. The van der Waals surface area contributed by atoms with Gasteiger partial charge in [0, 0.05) is 31.3 Å². The fourth-order valence-electron chi connectivity index (χ4n) is 3.66. The van der Waals surface area contributed by atoms with E-state index >= 15 is 0 Å². The Morgan fingerprint density at radius 3 is 2.90 bits per heavy atom. The monoisotopic (exact) mass is 398 g/mol. The Hall–Kier alpha value is -2.93. The molecule has 152 valence electrons. The molecule has 29 heavy (non-hydrogen) atoms. The Morgan fingerprint density at radius 1 is 1.24 bits per heavy atom. The van der Waals surface area contributed by atoms with E-state index in [1.165, 1.54) is 11.0 Å². The summed E-state index contributed by atoms with van der Waals surface area (Å²) in [5.74, 6) is -0.900. The minimum absolute atomic E-state index is 0.0510.